The number of rotatable bonds is 14. The molecule has 0 aliphatic heterocycles. The van der Waals surface area contributed by atoms with Gasteiger partial charge in [-0.05, 0) is 31.6 Å². The van der Waals surface area contributed by atoms with Crippen LogP contribution in [0.3, 0.4) is 0 Å². The predicted octanol–water partition coefficient (Wildman–Crippen LogP) is 6.48. The van der Waals surface area contributed by atoms with E-state index in [1.54, 1.807) is 0 Å². The summed E-state index contributed by atoms with van der Waals surface area (Å²) in [4.78, 5) is 0. The maximum Gasteiger partial charge on any atom is 0.0670 e. The molecule has 0 fully saturated rings. The second-order valence-electron chi connectivity index (χ2n) is 6.56. The number of hydrogen-bond acceptors (Lipinski definition) is 1. The maximum atomic E-state index is 10.8. The van der Waals surface area contributed by atoms with Crippen molar-refractivity contribution in [2.45, 2.75) is 117 Å². The first kappa shape index (κ1) is 20.0. The van der Waals surface area contributed by atoms with Gasteiger partial charge in [-0.3, -0.25) is 0 Å². The third kappa shape index (κ3) is 8.29. The highest BCUT2D eigenvalue weighted by Gasteiger charge is 2.32. The summed E-state index contributed by atoms with van der Waals surface area (Å²) in [5.74, 6) is 0.523. The first-order valence-electron chi connectivity index (χ1n) is 9.36. The second-order valence-corrected chi connectivity index (χ2v) is 6.56. The van der Waals surface area contributed by atoms with E-state index in [4.69, 9.17) is 0 Å². The monoisotopic (exact) mass is 284 g/mol. The van der Waals surface area contributed by atoms with Crippen LogP contribution in [0.15, 0.2) is 0 Å². The van der Waals surface area contributed by atoms with Crippen molar-refractivity contribution in [3.63, 3.8) is 0 Å². The van der Waals surface area contributed by atoms with Gasteiger partial charge in [0.2, 0.25) is 0 Å². The summed E-state index contributed by atoms with van der Waals surface area (Å²) in [6, 6.07) is 0. The summed E-state index contributed by atoms with van der Waals surface area (Å²) >= 11 is 0. The van der Waals surface area contributed by atoms with Crippen LogP contribution in [0.4, 0.5) is 0 Å². The smallest absolute Gasteiger partial charge is 0.0670 e. The van der Waals surface area contributed by atoms with E-state index in [0.29, 0.717) is 5.92 Å². The predicted molar refractivity (Wildman–Crippen MR) is 91.2 cm³/mol. The summed E-state index contributed by atoms with van der Waals surface area (Å²) in [5.41, 5.74) is -0.406. The molecule has 0 saturated carbocycles. The van der Waals surface area contributed by atoms with E-state index in [2.05, 4.69) is 27.7 Å². The zero-order valence-electron chi connectivity index (χ0n) is 14.7. The van der Waals surface area contributed by atoms with Crippen LogP contribution in [0.1, 0.15) is 111 Å². The number of hydrogen-bond donors (Lipinski definition) is 1. The largest absolute Gasteiger partial charge is 0.390 e. The zero-order chi connectivity index (χ0) is 15.3. The minimum Gasteiger partial charge on any atom is -0.390 e. The molecule has 0 spiro atoms. The van der Waals surface area contributed by atoms with Gasteiger partial charge in [-0.2, -0.15) is 0 Å². The van der Waals surface area contributed by atoms with Crippen LogP contribution in [-0.4, -0.2) is 10.7 Å². The van der Waals surface area contributed by atoms with E-state index in [1.165, 1.54) is 70.6 Å². The van der Waals surface area contributed by atoms with Gasteiger partial charge >= 0.3 is 0 Å². The molecule has 1 heteroatoms. The molecule has 0 aromatic carbocycles. The topological polar surface area (TPSA) is 20.2 Å². The van der Waals surface area contributed by atoms with E-state index >= 15 is 0 Å². The molecule has 1 N–H and O–H groups in total. The molecule has 122 valence electrons. The molecule has 1 nitrogen and oxygen atoms in total. The molecule has 0 radical (unpaired) electrons. The quantitative estimate of drug-likeness (QED) is 0.362. The van der Waals surface area contributed by atoms with Crippen LogP contribution >= 0.6 is 0 Å². The Hall–Kier alpha value is -0.0400. The van der Waals surface area contributed by atoms with Crippen LogP contribution in [0.5, 0.6) is 0 Å². The molecule has 0 saturated heterocycles. The molecule has 0 heterocycles. The first-order valence-corrected chi connectivity index (χ1v) is 9.36. The summed E-state index contributed by atoms with van der Waals surface area (Å²) in [6.45, 7) is 8.83. The lowest BCUT2D eigenvalue weighted by molar-refractivity contribution is -0.0341. The first-order chi connectivity index (χ1) is 9.64. The van der Waals surface area contributed by atoms with Crippen molar-refractivity contribution < 1.29 is 5.11 Å². The molecule has 0 bridgehead atoms. The third-order valence-electron chi connectivity index (χ3n) is 5.05. The molecular weight excluding hydrogens is 244 g/mol. The van der Waals surface area contributed by atoms with Crippen LogP contribution in [-0.2, 0) is 0 Å². The Morgan fingerprint density at radius 2 is 1.05 bits per heavy atom. The molecule has 0 aromatic rings. The SMILES string of the molecule is CCCCCCCCC(CCCCC)C(O)(CC)CC. The molecule has 0 aliphatic rings. The molecule has 1 atom stereocenters. The van der Waals surface area contributed by atoms with Crippen molar-refractivity contribution in [3.8, 4) is 0 Å². The minimum atomic E-state index is -0.406. The Morgan fingerprint density at radius 1 is 0.650 bits per heavy atom. The molecule has 0 amide bonds. The average Bonchev–Trinajstić information content (AvgIpc) is 2.48. The van der Waals surface area contributed by atoms with Gasteiger partial charge in [0.15, 0.2) is 0 Å². The van der Waals surface area contributed by atoms with Gasteiger partial charge in [0.25, 0.3) is 0 Å². The fraction of sp³-hybridized carbons (Fsp3) is 1.00. The number of unbranched alkanes of at least 4 members (excludes halogenated alkanes) is 7. The van der Waals surface area contributed by atoms with Gasteiger partial charge in [0.1, 0.15) is 0 Å². The van der Waals surface area contributed by atoms with Crippen LogP contribution < -0.4 is 0 Å². The van der Waals surface area contributed by atoms with Gasteiger partial charge in [-0.1, -0.05) is 85.5 Å². The van der Waals surface area contributed by atoms with Gasteiger partial charge in [0.05, 0.1) is 5.60 Å². The Kier molecular flexibility index (Phi) is 12.7. The highest BCUT2D eigenvalue weighted by atomic mass is 16.3. The van der Waals surface area contributed by atoms with Crippen molar-refractivity contribution in [2.24, 2.45) is 5.92 Å². The second kappa shape index (κ2) is 12.7. The average molecular weight is 285 g/mol. The van der Waals surface area contributed by atoms with Crippen molar-refractivity contribution in [2.75, 3.05) is 0 Å². The van der Waals surface area contributed by atoms with E-state index < -0.39 is 5.60 Å². The highest BCUT2D eigenvalue weighted by Crippen LogP contribution is 2.33. The third-order valence-corrected chi connectivity index (χ3v) is 5.05. The molecule has 0 aliphatic carbocycles. The van der Waals surface area contributed by atoms with E-state index in [0.717, 1.165) is 12.8 Å². The Morgan fingerprint density at radius 3 is 1.55 bits per heavy atom. The van der Waals surface area contributed by atoms with Crippen molar-refractivity contribution in [3.05, 3.63) is 0 Å². The van der Waals surface area contributed by atoms with Gasteiger partial charge in [-0.15, -0.1) is 0 Å². The lowest BCUT2D eigenvalue weighted by Crippen LogP contribution is -2.36. The van der Waals surface area contributed by atoms with E-state index in [9.17, 15) is 5.11 Å². The Balaban J connectivity index is 4.10. The van der Waals surface area contributed by atoms with Crippen LogP contribution in [0, 0.1) is 5.92 Å². The van der Waals surface area contributed by atoms with Gasteiger partial charge in [0, 0.05) is 0 Å². The van der Waals surface area contributed by atoms with Gasteiger partial charge in [-0.25, -0.2) is 0 Å². The molecule has 1 unspecified atom stereocenters. The standard InChI is InChI=1S/C19H40O/c1-5-9-11-12-13-15-17-18(16-14-10-6-2)19(20,7-3)8-4/h18,20H,5-17H2,1-4H3. The summed E-state index contributed by atoms with van der Waals surface area (Å²) < 4.78 is 0. The maximum absolute atomic E-state index is 10.8. The lowest BCUT2D eigenvalue weighted by atomic mass is 9.77. The summed E-state index contributed by atoms with van der Waals surface area (Å²) in [6.07, 6.45) is 16.3. The summed E-state index contributed by atoms with van der Waals surface area (Å²) in [7, 11) is 0. The molecule has 0 rings (SSSR count). The lowest BCUT2D eigenvalue weighted by Gasteiger charge is -2.35. The Labute approximate surface area is 128 Å². The highest BCUT2D eigenvalue weighted by molar-refractivity contribution is 4.84. The summed E-state index contributed by atoms with van der Waals surface area (Å²) in [5, 5.41) is 10.8. The fourth-order valence-electron chi connectivity index (χ4n) is 3.32. The van der Waals surface area contributed by atoms with Crippen molar-refractivity contribution in [1.82, 2.24) is 0 Å². The van der Waals surface area contributed by atoms with Crippen molar-refractivity contribution >= 4 is 0 Å². The van der Waals surface area contributed by atoms with E-state index in [-0.39, 0.29) is 0 Å². The normalized spacial score (nSPS) is 13.7. The van der Waals surface area contributed by atoms with Crippen LogP contribution in [0.2, 0.25) is 0 Å². The molecule has 20 heavy (non-hydrogen) atoms. The number of aliphatic hydroxyl groups is 1. The molecule has 0 aromatic heterocycles. The Bertz CT molecular complexity index is 196. The zero-order valence-corrected chi connectivity index (χ0v) is 14.7. The molecular formula is C19H40O. The van der Waals surface area contributed by atoms with E-state index in [1.807, 2.05) is 0 Å². The fourth-order valence-corrected chi connectivity index (χ4v) is 3.32. The minimum absolute atomic E-state index is 0.406. The van der Waals surface area contributed by atoms with Crippen molar-refractivity contribution in [1.29, 1.82) is 0 Å². The van der Waals surface area contributed by atoms with Gasteiger partial charge < -0.3 is 5.11 Å². The van der Waals surface area contributed by atoms with Crippen LogP contribution in [0.25, 0.3) is 0 Å².